The first kappa shape index (κ1) is 15.6. The van der Waals surface area contributed by atoms with Gasteiger partial charge in [0, 0.05) is 12.2 Å². The van der Waals surface area contributed by atoms with Crippen molar-refractivity contribution in [2.45, 2.75) is 45.3 Å². The molecule has 1 rings (SSSR count). The van der Waals surface area contributed by atoms with E-state index in [0.29, 0.717) is 23.9 Å². The number of benzene rings is 1. The highest BCUT2D eigenvalue weighted by molar-refractivity contribution is 9.10. The second-order valence-electron chi connectivity index (χ2n) is 4.25. The van der Waals surface area contributed by atoms with Crippen LogP contribution in [-0.4, -0.2) is 17.3 Å². The first-order valence-electron chi connectivity index (χ1n) is 6.28. The molecule has 0 aliphatic rings. The lowest BCUT2D eigenvalue weighted by molar-refractivity contribution is -0.128. The minimum Gasteiger partial charge on any atom is -0.385 e. The summed E-state index contributed by atoms with van der Waals surface area (Å²) in [6, 6.07) is 4.93. The first-order valence-corrected chi connectivity index (χ1v) is 7.07. The number of aliphatic hydroxyl groups excluding tert-OH is 1. The molecule has 1 N–H and O–H groups in total. The standard InChI is InChI=1S/C14H20BrFO2/c1-4-14(5-2,18-6-3)13(17)10-8-7-9-11(15)12(10)16/h7-9,13,17H,4-6H2,1-3H3. The monoisotopic (exact) mass is 318 g/mol. The summed E-state index contributed by atoms with van der Waals surface area (Å²) >= 11 is 3.14. The van der Waals surface area contributed by atoms with Gasteiger partial charge in [-0.05, 0) is 41.8 Å². The highest BCUT2D eigenvalue weighted by atomic mass is 79.9. The predicted octanol–water partition coefficient (Wildman–Crippen LogP) is 4.22. The van der Waals surface area contributed by atoms with Crippen molar-refractivity contribution in [1.82, 2.24) is 0 Å². The van der Waals surface area contributed by atoms with Crippen LogP contribution in [0.5, 0.6) is 0 Å². The third-order valence-electron chi connectivity index (χ3n) is 3.40. The molecule has 0 saturated heterocycles. The Bertz CT molecular complexity index is 391. The predicted molar refractivity (Wildman–Crippen MR) is 74.0 cm³/mol. The van der Waals surface area contributed by atoms with E-state index in [1.165, 1.54) is 0 Å². The highest BCUT2D eigenvalue weighted by Crippen LogP contribution is 2.37. The first-order chi connectivity index (χ1) is 8.52. The van der Waals surface area contributed by atoms with Crippen LogP contribution in [0.1, 0.15) is 45.3 Å². The van der Waals surface area contributed by atoms with E-state index in [9.17, 15) is 9.50 Å². The minimum atomic E-state index is -0.968. The van der Waals surface area contributed by atoms with E-state index in [1.54, 1.807) is 18.2 Å². The molecule has 1 aromatic rings. The third-order valence-corrected chi connectivity index (χ3v) is 4.02. The summed E-state index contributed by atoms with van der Waals surface area (Å²) < 4.78 is 20.1. The van der Waals surface area contributed by atoms with Gasteiger partial charge < -0.3 is 9.84 Å². The molecule has 4 heteroatoms. The second kappa shape index (κ2) is 6.64. The molecule has 1 aromatic carbocycles. The van der Waals surface area contributed by atoms with Gasteiger partial charge in [0.2, 0.25) is 0 Å². The molecule has 0 fully saturated rings. The van der Waals surface area contributed by atoms with Crippen LogP contribution in [0.4, 0.5) is 4.39 Å². The van der Waals surface area contributed by atoms with Crippen molar-refractivity contribution in [3.8, 4) is 0 Å². The molecule has 0 spiro atoms. The van der Waals surface area contributed by atoms with Crippen molar-refractivity contribution in [3.05, 3.63) is 34.1 Å². The molecule has 0 aliphatic carbocycles. The van der Waals surface area contributed by atoms with Crippen molar-refractivity contribution < 1.29 is 14.2 Å². The Balaban J connectivity index is 3.17. The fourth-order valence-electron chi connectivity index (χ4n) is 2.22. The van der Waals surface area contributed by atoms with Crippen molar-refractivity contribution in [2.75, 3.05) is 6.61 Å². The maximum absolute atomic E-state index is 14.0. The van der Waals surface area contributed by atoms with Crippen LogP contribution >= 0.6 is 15.9 Å². The number of hydrogen-bond acceptors (Lipinski definition) is 2. The molecule has 0 aromatic heterocycles. The van der Waals surface area contributed by atoms with E-state index in [1.807, 2.05) is 20.8 Å². The molecule has 0 saturated carbocycles. The topological polar surface area (TPSA) is 29.5 Å². The van der Waals surface area contributed by atoms with Gasteiger partial charge in [0.05, 0.1) is 10.1 Å². The number of rotatable bonds is 6. The largest absolute Gasteiger partial charge is 0.385 e. The van der Waals surface area contributed by atoms with Crippen LogP contribution in [0.2, 0.25) is 0 Å². The second-order valence-corrected chi connectivity index (χ2v) is 5.10. The van der Waals surface area contributed by atoms with Gasteiger partial charge in [-0.3, -0.25) is 0 Å². The molecule has 0 radical (unpaired) electrons. The minimum absolute atomic E-state index is 0.279. The summed E-state index contributed by atoms with van der Waals surface area (Å²) in [6.45, 7) is 6.26. The van der Waals surface area contributed by atoms with Crippen LogP contribution in [0.3, 0.4) is 0 Å². The fourth-order valence-corrected chi connectivity index (χ4v) is 2.60. The lowest BCUT2D eigenvalue weighted by Gasteiger charge is -2.36. The molecule has 2 nitrogen and oxygen atoms in total. The average Bonchev–Trinajstić information content (AvgIpc) is 2.38. The van der Waals surface area contributed by atoms with Gasteiger partial charge >= 0.3 is 0 Å². The summed E-state index contributed by atoms with van der Waals surface area (Å²) in [5, 5.41) is 10.5. The fraction of sp³-hybridized carbons (Fsp3) is 0.571. The molecular formula is C14H20BrFO2. The van der Waals surface area contributed by atoms with Gasteiger partial charge in [-0.25, -0.2) is 4.39 Å². The maximum atomic E-state index is 14.0. The van der Waals surface area contributed by atoms with E-state index < -0.39 is 17.5 Å². The van der Waals surface area contributed by atoms with E-state index in [-0.39, 0.29) is 5.56 Å². The molecule has 0 aliphatic heterocycles. The lowest BCUT2D eigenvalue weighted by Crippen LogP contribution is -2.39. The van der Waals surface area contributed by atoms with Crippen LogP contribution < -0.4 is 0 Å². The number of hydrogen-bond donors (Lipinski definition) is 1. The van der Waals surface area contributed by atoms with Gasteiger partial charge in [0.15, 0.2) is 0 Å². The molecule has 1 unspecified atom stereocenters. The molecule has 18 heavy (non-hydrogen) atoms. The lowest BCUT2D eigenvalue weighted by atomic mass is 9.86. The Labute approximate surface area is 116 Å². The van der Waals surface area contributed by atoms with Crippen molar-refractivity contribution in [2.24, 2.45) is 0 Å². The molecule has 0 bridgehead atoms. The number of ether oxygens (including phenoxy) is 1. The summed E-state index contributed by atoms with van der Waals surface area (Å²) in [6.07, 6.45) is 0.291. The van der Waals surface area contributed by atoms with Gasteiger partial charge in [-0.2, -0.15) is 0 Å². The number of aliphatic hydroxyl groups is 1. The maximum Gasteiger partial charge on any atom is 0.143 e. The van der Waals surface area contributed by atoms with Gasteiger partial charge in [0.1, 0.15) is 11.9 Å². The molecule has 102 valence electrons. The van der Waals surface area contributed by atoms with Crippen LogP contribution in [0.15, 0.2) is 22.7 Å². The van der Waals surface area contributed by atoms with E-state index in [2.05, 4.69) is 15.9 Å². The Morgan fingerprint density at radius 3 is 2.44 bits per heavy atom. The van der Waals surface area contributed by atoms with Gasteiger partial charge in [-0.1, -0.05) is 26.0 Å². The molecule has 1 atom stereocenters. The smallest absolute Gasteiger partial charge is 0.143 e. The molecule has 0 amide bonds. The van der Waals surface area contributed by atoms with E-state index >= 15 is 0 Å². The summed E-state index contributed by atoms with van der Waals surface area (Å²) in [5.41, 5.74) is -0.447. The van der Waals surface area contributed by atoms with Crippen LogP contribution in [-0.2, 0) is 4.74 Å². The Morgan fingerprint density at radius 2 is 1.94 bits per heavy atom. The van der Waals surface area contributed by atoms with Crippen molar-refractivity contribution >= 4 is 15.9 Å². The third kappa shape index (κ3) is 2.92. The summed E-state index contributed by atoms with van der Waals surface area (Å²) in [7, 11) is 0. The average molecular weight is 319 g/mol. The zero-order valence-corrected chi connectivity index (χ0v) is 12.6. The van der Waals surface area contributed by atoms with E-state index in [4.69, 9.17) is 4.74 Å². The van der Waals surface area contributed by atoms with Crippen LogP contribution in [0, 0.1) is 5.82 Å². The Kier molecular flexibility index (Phi) is 5.76. The Hall–Kier alpha value is -0.450. The zero-order valence-electron chi connectivity index (χ0n) is 11.0. The molecule has 0 heterocycles. The van der Waals surface area contributed by atoms with Crippen LogP contribution in [0.25, 0.3) is 0 Å². The Morgan fingerprint density at radius 1 is 1.33 bits per heavy atom. The quantitative estimate of drug-likeness (QED) is 0.851. The normalized spacial score (nSPS) is 13.7. The SMILES string of the molecule is CCOC(CC)(CC)C(O)c1cccc(Br)c1F. The van der Waals surface area contributed by atoms with Gasteiger partial charge in [0.25, 0.3) is 0 Å². The zero-order chi connectivity index (χ0) is 13.8. The highest BCUT2D eigenvalue weighted by Gasteiger charge is 2.37. The van der Waals surface area contributed by atoms with Gasteiger partial charge in [-0.15, -0.1) is 0 Å². The number of halogens is 2. The summed E-state index contributed by atoms with van der Waals surface area (Å²) in [5.74, 6) is -0.420. The van der Waals surface area contributed by atoms with Crippen molar-refractivity contribution in [1.29, 1.82) is 0 Å². The van der Waals surface area contributed by atoms with E-state index in [0.717, 1.165) is 0 Å². The van der Waals surface area contributed by atoms with Crippen molar-refractivity contribution in [3.63, 3.8) is 0 Å². The summed E-state index contributed by atoms with van der Waals surface area (Å²) in [4.78, 5) is 0. The molecular weight excluding hydrogens is 299 g/mol.